The second-order valence-corrected chi connectivity index (χ2v) is 5.26. The van der Waals surface area contributed by atoms with Gasteiger partial charge in [-0.3, -0.25) is 9.88 Å². The van der Waals surface area contributed by atoms with E-state index in [-0.39, 0.29) is 6.04 Å². The molecule has 0 spiro atoms. The number of morpholine rings is 1. The van der Waals surface area contributed by atoms with Crippen LogP contribution in [0.5, 0.6) is 0 Å². The molecule has 1 aliphatic heterocycles. The predicted octanol–water partition coefficient (Wildman–Crippen LogP) is 2.30. The van der Waals surface area contributed by atoms with Gasteiger partial charge < -0.3 is 9.26 Å². The van der Waals surface area contributed by atoms with E-state index >= 15 is 0 Å². The molecule has 0 bridgehead atoms. The van der Waals surface area contributed by atoms with Gasteiger partial charge in [0.15, 0.2) is 0 Å². The summed E-state index contributed by atoms with van der Waals surface area (Å²) < 4.78 is 11.1. The molecule has 2 atom stereocenters. The number of ether oxygens (including phenoxy) is 1. The third-order valence-corrected chi connectivity index (χ3v) is 3.91. The van der Waals surface area contributed by atoms with Crippen LogP contribution in [-0.2, 0) is 4.74 Å². The minimum atomic E-state index is 0.103. The van der Waals surface area contributed by atoms with Crippen LogP contribution >= 0.6 is 0 Å². The molecule has 0 aromatic carbocycles. The molecule has 2 aromatic rings. The van der Waals surface area contributed by atoms with Gasteiger partial charge in [0.2, 0.25) is 11.7 Å². The largest absolute Gasteiger partial charge is 0.376 e. The van der Waals surface area contributed by atoms with Gasteiger partial charge in [-0.1, -0.05) is 12.1 Å². The van der Waals surface area contributed by atoms with E-state index in [1.165, 1.54) is 0 Å². The Morgan fingerprint density at radius 3 is 2.95 bits per heavy atom. The summed E-state index contributed by atoms with van der Waals surface area (Å²) in [5, 5.41) is 4.07. The van der Waals surface area contributed by atoms with Gasteiger partial charge in [-0.2, -0.15) is 4.98 Å². The summed E-state index contributed by atoms with van der Waals surface area (Å²) in [4.78, 5) is 10.8. The lowest BCUT2D eigenvalue weighted by Crippen LogP contribution is -2.43. The van der Waals surface area contributed by atoms with E-state index in [2.05, 4.69) is 33.9 Å². The quantitative estimate of drug-likeness (QED) is 0.860. The van der Waals surface area contributed by atoms with Crippen LogP contribution in [0.15, 0.2) is 29.0 Å². The van der Waals surface area contributed by atoms with E-state index in [9.17, 15) is 0 Å². The van der Waals surface area contributed by atoms with Crippen molar-refractivity contribution in [1.29, 1.82) is 0 Å². The molecule has 1 saturated heterocycles. The topological polar surface area (TPSA) is 64.3 Å². The third kappa shape index (κ3) is 3.11. The molecule has 21 heavy (non-hydrogen) atoms. The van der Waals surface area contributed by atoms with E-state index in [0.717, 1.165) is 31.7 Å². The number of aromatic nitrogens is 3. The summed E-state index contributed by atoms with van der Waals surface area (Å²) in [6.07, 6.45) is 4.77. The van der Waals surface area contributed by atoms with E-state index in [0.29, 0.717) is 17.8 Å². The number of hydrogen-bond acceptors (Lipinski definition) is 6. The molecule has 1 fully saturated rings. The smallest absolute Gasteiger partial charge is 0.244 e. The zero-order chi connectivity index (χ0) is 14.7. The van der Waals surface area contributed by atoms with Crippen molar-refractivity contribution in [3.8, 4) is 11.4 Å². The molecular formula is C15H20N4O2. The fourth-order valence-electron chi connectivity index (χ4n) is 2.52. The summed E-state index contributed by atoms with van der Waals surface area (Å²) in [6, 6.07) is 3.86. The van der Waals surface area contributed by atoms with E-state index < -0.39 is 0 Å². The summed E-state index contributed by atoms with van der Waals surface area (Å²) >= 11 is 0. The van der Waals surface area contributed by atoms with Crippen LogP contribution in [-0.4, -0.2) is 45.8 Å². The van der Waals surface area contributed by atoms with Crippen LogP contribution in [0.3, 0.4) is 0 Å². The van der Waals surface area contributed by atoms with Crippen molar-refractivity contribution >= 4 is 0 Å². The lowest BCUT2D eigenvalue weighted by atomic mass is 10.2. The number of nitrogens with zero attached hydrogens (tertiary/aromatic N) is 4. The standard InChI is InChI=1S/C15H20N4O2/c1-3-13-10-19(8-9-20-13)11(2)15-17-14(18-21-15)12-4-6-16-7-5-12/h4-7,11,13H,3,8-10H2,1-2H3/t11-,13-/m0/s1. The van der Waals surface area contributed by atoms with Crippen molar-refractivity contribution in [3.05, 3.63) is 30.4 Å². The first kappa shape index (κ1) is 14.2. The van der Waals surface area contributed by atoms with Crippen LogP contribution in [0.25, 0.3) is 11.4 Å². The van der Waals surface area contributed by atoms with Gasteiger partial charge in [-0.15, -0.1) is 0 Å². The second kappa shape index (κ2) is 6.32. The van der Waals surface area contributed by atoms with E-state index in [4.69, 9.17) is 9.26 Å². The maximum atomic E-state index is 5.70. The lowest BCUT2D eigenvalue weighted by molar-refractivity contribution is -0.0462. The molecule has 3 rings (SSSR count). The molecule has 1 aliphatic rings. The maximum absolute atomic E-state index is 5.70. The van der Waals surface area contributed by atoms with Crippen molar-refractivity contribution in [2.75, 3.05) is 19.7 Å². The van der Waals surface area contributed by atoms with Gasteiger partial charge in [0, 0.05) is 31.0 Å². The fraction of sp³-hybridized carbons (Fsp3) is 0.533. The average molecular weight is 288 g/mol. The molecule has 0 N–H and O–H groups in total. The van der Waals surface area contributed by atoms with Gasteiger partial charge in [-0.25, -0.2) is 0 Å². The molecule has 0 radical (unpaired) electrons. The summed E-state index contributed by atoms with van der Waals surface area (Å²) in [6.45, 7) is 6.80. The average Bonchev–Trinajstić information content (AvgIpc) is 3.05. The summed E-state index contributed by atoms with van der Waals surface area (Å²) in [5.41, 5.74) is 0.917. The highest BCUT2D eigenvalue weighted by Crippen LogP contribution is 2.24. The highest BCUT2D eigenvalue weighted by molar-refractivity contribution is 5.52. The second-order valence-electron chi connectivity index (χ2n) is 5.26. The minimum absolute atomic E-state index is 0.103. The first-order valence-electron chi connectivity index (χ1n) is 7.37. The zero-order valence-electron chi connectivity index (χ0n) is 12.4. The first-order chi connectivity index (χ1) is 10.3. The highest BCUT2D eigenvalue weighted by Gasteiger charge is 2.27. The van der Waals surface area contributed by atoms with Crippen LogP contribution < -0.4 is 0 Å². The Morgan fingerprint density at radius 1 is 1.38 bits per heavy atom. The summed E-state index contributed by atoms with van der Waals surface area (Å²) in [5.74, 6) is 1.26. The minimum Gasteiger partial charge on any atom is -0.376 e. The van der Waals surface area contributed by atoms with Gasteiger partial charge in [0.25, 0.3) is 0 Å². The number of pyridine rings is 1. The molecule has 0 saturated carbocycles. The van der Waals surface area contributed by atoms with Crippen LogP contribution in [0.4, 0.5) is 0 Å². The van der Waals surface area contributed by atoms with Crippen molar-refractivity contribution in [2.24, 2.45) is 0 Å². The number of rotatable bonds is 4. The molecular weight excluding hydrogens is 268 g/mol. The lowest BCUT2D eigenvalue weighted by Gasteiger charge is -2.34. The molecule has 0 aliphatic carbocycles. The van der Waals surface area contributed by atoms with Gasteiger partial charge in [-0.05, 0) is 25.5 Å². The fourth-order valence-corrected chi connectivity index (χ4v) is 2.52. The highest BCUT2D eigenvalue weighted by atomic mass is 16.5. The Labute approximate surface area is 124 Å². The van der Waals surface area contributed by atoms with Crippen LogP contribution in [0.1, 0.15) is 32.2 Å². The van der Waals surface area contributed by atoms with Crippen molar-refractivity contribution < 1.29 is 9.26 Å². The monoisotopic (exact) mass is 288 g/mol. The van der Waals surface area contributed by atoms with Crippen LogP contribution in [0.2, 0.25) is 0 Å². The Bertz CT molecular complexity index is 572. The van der Waals surface area contributed by atoms with Crippen LogP contribution in [0, 0.1) is 0 Å². The molecule has 112 valence electrons. The van der Waals surface area contributed by atoms with E-state index in [1.807, 2.05) is 12.1 Å². The van der Waals surface area contributed by atoms with Crippen molar-refractivity contribution in [3.63, 3.8) is 0 Å². The predicted molar refractivity (Wildman–Crippen MR) is 77.5 cm³/mol. The summed E-state index contributed by atoms with van der Waals surface area (Å²) in [7, 11) is 0. The van der Waals surface area contributed by atoms with E-state index in [1.54, 1.807) is 12.4 Å². The third-order valence-electron chi connectivity index (χ3n) is 3.91. The first-order valence-corrected chi connectivity index (χ1v) is 7.37. The zero-order valence-corrected chi connectivity index (χ0v) is 12.4. The van der Waals surface area contributed by atoms with Gasteiger partial charge >= 0.3 is 0 Å². The Hall–Kier alpha value is -1.79. The van der Waals surface area contributed by atoms with Gasteiger partial charge in [0.1, 0.15) is 0 Å². The van der Waals surface area contributed by atoms with Crippen molar-refractivity contribution in [2.45, 2.75) is 32.4 Å². The molecule has 3 heterocycles. The van der Waals surface area contributed by atoms with Crippen molar-refractivity contribution in [1.82, 2.24) is 20.0 Å². The molecule has 2 aromatic heterocycles. The molecule has 6 heteroatoms. The maximum Gasteiger partial charge on any atom is 0.244 e. The Balaban J connectivity index is 1.73. The van der Waals surface area contributed by atoms with Gasteiger partial charge in [0.05, 0.1) is 18.8 Å². The normalized spacial score (nSPS) is 21.3. The molecule has 0 unspecified atom stereocenters. The molecule has 0 amide bonds. The molecule has 6 nitrogen and oxygen atoms in total. The SMILES string of the molecule is CC[C@H]1CN([C@@H](C)c2nc(-c3ccncc3)no2)CCO1. The Kier molecular flexibility index (Phi) is 4.26. The number of hydrogen-bond donors (Lipinski definition) is 0. The Morgan fingerprint density at radius 2 is 2.19 bits per heavy atom.